The molecule has 1 unspecified atom stereocenters. The third kappa shape index (κ3) is 2.21. The van der Waals surface area contributed by atoms with Crippen LogP contribution in [-0.2, 0) is 0 Å². The van der Waals surface area contributed by atoms with Crippen molar-refractivity contribution >= 4 is 44.2 Å². The van der Waals surface area contributed by atoms with Gasteiger partial charge in [-0.3, -0.25) is 0 Å². The van der Waals surface area contributed by atoms with Gasteiger partial charge in [0.1, 0.15) is 0 Å². The maximum absolute atomic E-state index is 2.47. The van der Waals surface area contributed by atoms with Gasteiger partial charge in [0.15, 0.2) is 0 Å². The van der Waals surface area contributed by atoms with E-state index in [4.69, 9.17) is 0 Å². The van der Waals surface area contributed by atoms with Gasteiger partial charge in [0.05, 0.1) is 0 Å². The van der Waals surface area contributed by atoms with Crippen molar-refractivity contribution in [2.45, 2.75) is 25.5 Å². The minimum Gasteiger partial charge on any atom is -0.0933 e. The monoisotopic (exact) mass is 288 g/mol. The molecule has 0 aliphatic carbocycles. The van der Waals surface area contributed by atoms with Crippen LogP contribution >= 0.6 is 44.2 Å². The summed E-state index contributed by atoms with van der Waals surface area (Å²) < 4.78 is 1.30. The second kappa shape index (κ2) is 3.90. The fraction of sp³-hybridized carbons (Fsp3) is 1.00. The Morgan fingerprint density at radius 3 is 2.70 bits per heavy atom. The van der Waals surface area contributed by atoms with Gasteiger partial charge in [0.25, 0.3) is 0 Å². The summed E-state index contributed by atoms with van der Waals surface area (Å²) in [4.78, 5) is 0. The smallest absolute Gasteiger partial charge is 0.0218 e. The average Bonchev–Trinajstić information content (AvgIpc) is 2.13. The lowest BCUT2D eigenvalue weighted by Gasteiger charge is -2.23. The lowest BCUT2D eigenvalue weighted by Crippen LogP contribution is -2.23. The SMILES string of the molecule is CC1(C)CSSC1CCI. The zero-order valence-corrected chi connectivity index (χ0v) is 10.2. The molecule has 0 amide bonds. The van der Waals surface area contributed by atoms with E-state index in [9.17, 15) is 0 Å². The van der Waals surface area contributed by atoms with Gasteiger partial charge < -0.3 is 0 Å². The standard InChI is InChI=1S/C7H13IS2/c1-7(2)5-9-10-6(7)3-4-8/h6H,3-5H2,1-2H3. The number of halogens is 1. The fourth-order valence-corrected chi connectivity index (χ4v) is 6.15. The van der Waals surface area contributed by atoms with Crippen molar-refractivity contribution in [3.05, 3.63) is 0 Å². The van der Waals surface area contributed by atoms with Gasteiger partial charge in [0, 0.05) is 15.4 Å². The molecule has 1 atom stereocenters. The van der Waals surface area contributed by atoms with E-state index in [1.54, 1.807) is 0 Å². The maximum atomic E-state index is 2.47. The highest BCUT2D eigenvalue weighted by molar-refractivity contribution is 14.1. The Morgan fingerprint density at radius 2 is 2.30 bits per heavy atom. The Bertz CT molecular complexity index is 114. The van der Waals surface area contributed by atoms with Gasteiger partial charge in [-0.25, -0.2) is 0 Å². The zero-order valence-electron chi connectivity index (χ0n) is 6.39. The first-order valence-corrected chi connectivity index (χ1v) is 7.42. The maximum Gasteiger partial charge on any atom is 0.0218 e. The van der Waals surface area contributed by atoms with E-state index >= 15 is 0 Å². The molecular formula is C7H13IS2. The van der Waals surface area contributed by atoms with E-state index in [1.807, 2.05) is 10.8 Å². The normalized spacial score (nSPS) is 30.9. The predicted octanol–water partition coefficient (Wildman–Crippen LogP) is 3.60. The molecule has 0 nitrogen and oxygen atoms in total. The van der Waals surface area contributed by atoms with Crippen molar-refractivity contribution in [3.8, 4) is 0 Å². The summed E-state index contributed by atoms with van der Waals surface area (Å²) in [5.41, 5.74) is 0.584. The van der Waals surface area contributed by atoms with Crippen LogP contribution in [0.25, 0.3) is 0 Å². The largest absolute Gasteiger partial charge is 0.0933 e. The fourth-order valence-electron chi connectivity index (χ4n) is 1.03. The van der Waals surface area contributed by atoms with E-state index < -0.39 is 0 Å². The van der Waals surface area contributed by atoms with E-state index in [-0.39, 0.29) is 0 Å². The van der Waals surface area contributed by atoms with Crippen LogP contribution in [0.3, 0.4) is 0 Å². The Labute approximate surface area is 84.8 Å². The molecule has 0 aromatic carbocycles. The summed E-state index contributed by atoms with van der Waals surface area (Å²) in [5.74, 6) is 1.33. The molecule has 0 N–H and O–H groups in total. The van der Waals surface area contributed by atoms with Crippen molar-refractivity contribution < 1.29 is 0 Å². The van der Waals surface area contributed by atoms with Gasteiger partial charge in [0.2, 0.25) is 0 Å². The van der Waals surface area contributed by atoms with Crippen molar-refractivity contribution in [2.75, 3.05) is 10.2 Å². The van der Waals surface area contributed by atoms with Gasteiger partial charge in [-0.1, -0.05) is 58.0 Å². The number of hydrogen-bond donors (Lipinski definition) is 0. The lowest BCUT2D eigenvalue weighted by atomic mass is 9.90. The molecule has 0 radical (unpaired) electrons. The van der Waals surface area contributed by atoms with Crippen LogP contribution in [0, 0.1) is 5.41 Å². The summed E-state index contributed by atoms with van der Waals surface area (Å²) in [6, 6.07) is 0. The molecule has 0 bridgehead atoms. The molecule has 0 saturated carbocycles. The molecule has 1 heterocycles. The van der Waals surface area contributed by atoms with Gasteiger partial charge in [-0.05, 0) is 11.8 Å². The van der Waals surface area contributed by atoms with Crippen LogP contribution < -0.4 is 0 Å². The molecule has 0 aromatic rings. The first-order valence-electron chi connectivity index (χ1n) is 3.51. The number of hydrogen-bond acceptors (Lipinski definition) is 2. The number of alkyl halides is 1. The van der Waals surface area contributed by atoms with Gasteiger partial charge in [-0.15, -0.1) is 0 Å². The second-order valence-corrected chi connectivity index (χ2v) is 6.96. The zero-order chi connectivity index (χ0) is 7.61. The molecule has 1 saturated heterocycles. The van der Waals surface area contributed by atoms with E-state index in [1.165, 1.54) is 16.6 Å². The molecule has 0 aromatic heterocycles. The molecule has 10 heavy (non-hydrogen) atoms. The van der Waals surface area contributed by atoms with Gasteiger partial charge >= 0.3 is 0 Å². The lowest BCUT2D eigenvalue weighted by molar-refractivity contribution is 0.406. The summed E-state index contributed by atoms with van der Waals surface area (Å²) in [6.45, 7) is 4.77. The molecule has 1 aliphatic rings. The topological polar surface area (TPSA) is 0 Å². The quantitative estimate of drug-likeness (QED) is 0.432. The average molecular weight is 288 g/mol. The highest BCUT2D eigenvalue weighted by Crippen LogP contribution is 2.50. The Morgan fingerprint density at radius 1 is 1.60 bits per heavy atom. The van der Waals surface area contributed by atoms with Crippen LogP contribution in [0.1, 0.15) is 20.3 Å². The minimum absolute atomic E-state index is 0.584. The van der Waals surface area contributed by atoms with Crippen molar-refractivity contribution in [1.29, 1.82) is 0 Å². The third-order valence-corrected chi connectivity index (χ3v) is 6.04. The van der Waals surface area contributed by atoms with E-state index in [0.29, 0.717) is 5.41 Å². The van der Waals surface area contributed by atoms with Crippen LogP contribution in [0.5, 0.6) is 0 Å². The molecular weight excluding hydrogens is 275 g/mol. The van der Waals surface area contributed by atoms with Crippen LogP contribution in [-0.4, -0.2) is 15.4 Å². The molecule has 3 heteroatoms. The summed E-state index contributed by atoms with van der Waals surface area (Å²) in [5, 5.41) is 0.898. The van der Waals surface area contributed by atoms with E-state index in [0.717, 1.165) is 5.25 Å². The summed E-state index contributed by atoms with van der Waals surface area (Å²) in [7, 11) is 4.13. The Kier molecular flexibility index (Phi) is 3.71. The van der Waals surface area contributed by atoms with Crippen LogP contribution in [0.15, 0.2) is 0 Å². The predicted molar refractivity (Wildman–Crippen MR) is 61.1 cm³/mol. The molecule has 1 rings (SSSR count). The molecule has 1 aliphatic heterocycles. The first-order chi connectivity index (χ1) is 4.67. The highest BCUT2D eigenvalue weighted by Gasteiger charge is 2.35. The van der Waals surface area contributed by atoms with Crippen LogP contribution in [0.2, 0.25) is 0 Å². The second-order valence-electron chi connectivity index (χ2n) is 3.31. The minimum atomic E-state index is 0.584. The molecule has 0 spiro atoms. The third-order valence-electron chi connectivity index (χ3n) is 1.86. The molecule has 60 valence electrons. The van der Waals surface area contributed by atoms with Crippen LogP contribution in [0.4, 0.5) is 0 Å². The van der Waals surface area contributed by atoms with Gasteiger partial charge in [-0.2, -0.15) is 0 Å². The Hall–Kier alpha value is 1.43. The highest BCUT2D eigenvalue weighted by atomic mass is 127. The Balaban J connectivity index is 2.43. The van der Waals surface area contributed by atoms with Crippen molar-refractivity contribution in [2.24, 2.45) is 5.41 Å². The first kappa shape index (κ1) is 9.52. The summed E-state index contributed by atoms with van der Waals surface area (Å²) in [6.07, 6.45) is 1.38. The van der Waals surface area contributed by atoms with Crippen molar-refractivity contribution in [1.82, 2.24) is 0 Å². The van der Waals surface area contributed by atoms with Crippen molar-refractivity contribution in [3.63, 3.8) is 0 Å². The van der Waals surface area contributed by atoms with E-state index in [2.05, 4.69) is 47.2 Å². The number of rotatable bonds is 2. The summed E-state index contributed by atoms with van der Waals surface area (Å²) >= 11 is 2.47. The molecule has 1 fully saturated rings.